The van der Waals surface area contributed by atoms with Crippen molar-refractivity contribution in [1.29, 1.82) is 0 Å². The first-order chi connectivity index (χ1) is 9.18. The summed E-state index contributed by atoms with van der Waals surface area (Å²) >= 11 is 0. The maximum Gasteiger partial charge on any atom is 0.255 e. The van der Waals surface area contributed by atoms with E-state index in [4.69, 9.17) is 15.2 Å². The van der Waals surface area contributed by atoms with E-state index < -0.39 is 0 Å². The molecule has 102 valence electrons. The third kappa shape index (κ3) is 2.38. The van der Waals surface area contributed by atoms with Gasteiger partial charge in [-0.1, -0.05) is 6.07 Å². The molecule has 3 N–H and O–H groups in total. The second-order valence-corrected chi connectivity index (χ2v) is 5.23. The van der Waals surface area contributed by atoms with Crippen LogP contribution in [0.15, 0.2) is 18.2 Å². The Balaban J connectivity index is 1.72. The molecule has 0 spiro atoms. The minimum absolute atomic E-state index is 0.154. The maximum atomic E-state index is 12.2. The van der Waals surface area contributed by atoms with Crippen LogP contribution in [0, 0.1) is 0 Å². The highest BCUT2D eigenvalue weighted by molar-refractivity contribution is 5.97. The highest BCUT2D eigenvalue weighted by Gasteiger charge is 2.33. The van der Waals surface area contributed by atoms with Crippen LogP contribution in [0.1, 0.15) is 29.6 Å². The van der Waals surface area contributed by atoms with E-state index >= 15 is 0 Å². The molecule has 1 aliphatic heterocycles. The average Bonchev–Trinajstić information content (AvgIpc) is 2.42. The van der Waals surface area contributed by atoms with Crippen LogP contribution in [0.25, 0.3) is 0 Å². The molecule has 0 atom stereocenters. The molecular formula is C14H18N2O3. The van der Waals surface area contributed by atoms with Gasteiger partial charge < -0.3 is 20.5 Å². The first-order valence-electron chi connectivity index (χ1n) is 6.64. The Morgan fingerprint density at radius 1 is 1.32 bits per heavy atom. The summed E-state index contributed by atoms with van der Waals surface area (Å²) in [4.78, 5) is 12.2. The Morgan fingerprint density at radius 2 is 2.11 bits per heavy atom. The SMILES string of the molecule is NC1(CNC(=O)c2cccc3c2OCCO3)CCC1. The summed E-state index contributed by atoms with van der Waals surface area (Å²) in [5.41, 5.74) is 6.39. The number of nitrogens with two attached hydrogens (primary N) is 1. The van der Waals surface area contributed by atoms with Gasteiger partial charge in [-0.15, -0.1) is 0 Å². The second-order valence-electron chi connectivity index (χ2n) is 5.23. The summed E-state index contributed by atoms with van der Waals surface area (Å²) in [6.45, 7) is 1.50. The van der Waals surface area contributed by atoms with Crippen LogP contribution in [0.2, 0.25) is 0 Å². The Labute approximate surface area is 112 Å². The lowest BCUT2D eigenvalue weighted by Gasteiger charge is -2.38. The Hall–Kier alpha value is -1.75. The largest absolute Gasteiger partial charge is 0.486 e. The fourth-order valence-corrected chi connectivity index (χ4v) is 2.41. The van der Waals surface area contributed by atoms with E-state index in [1.165, 1.54) is 0 Å². The monoisotopic (exact) mass is 262 g/mol. The third-order valence-corrected chi connectivity index (χ3v) is 3.76. The Morgan fingerprint density at radius 3 is 2.84 bits per heavy atom. The number of para-hydroxylation sites is 1. The van der Waals surface area contributed by atoms with Crippen molar-refractivity contribution < 1.29 is 14.3 Å². The second kappa shape index (κ2) is 4.74. The van der Waals surface area contributed by atoms with Crippen molar-refractivity contribution in [3.63, 3.8) is 0 Å². The molecule has 1 amide bonds. The topological polar surface area (TPSA) is 73.6 Å². The molecule has 0 aromatic heterocycles. The zero-order valence-electron chi connectivity index (χ0n) is 10.8. The van der Waals surface area contributed by atoms with E-state index in [0.717, 1.165) is 19.3 Å². The van der Waals surface area contributed by atoms with Crippen LogP contribution in [0.3, 0.4) is 0 Å². The summed E-state index contributed by atoms with van der Waals surface area (Å²) in [5.74, 6) is 1.01. The highest BCUT2D eigenvalue weighted by atomic mass is 16.6. The van der Waals surface area contributed by atoms with Gasteiger partial charge in [0.2, 0.25) is 0 Å². The molecule has 0 unspecified atom stereocenters. The van der Waals surface area contributed by atoms with Crippen LogP contribution in [0.5, 0.6) is 11.5 Å². The first kappa shape index (κ1) is 12.3. The number of hydrogen-bond donors (Lipinski definition) is 2. The predicted molar refractivity (Wildman–Crippen MR) is 70.5 cm³/mol. The molecule has 2 aliphatic rings. The Kier molecular flexibility index (Phi) is 3.06. The first-order valence-corrected chi connectivity index (χ1v) is 6.64. The van der Waals surface area contributed by atoms with Gasteiger partial charge in [0.25, 0.3) is 5.91 Å². The zero-order chi connectivity index (χ0) is 13.3. The number of carbonyl (C=O) groups is 1. The number of nitrogens with one attached hydrogen (secondary N) is 1. The predicted octanol–water partition coefficient (Wildman–Crippen LogP) is 1.07. The summed E-state index contributed by atoms with van der Waals surface area (Å²) in [5, 5.41) is 2.89. The molecule has 1 aliphatic carbocycles. The van der Waals surface area contributed by atoms with Gasteiger partial charge in [0.1, 0.15) is 13.2 Å². The fourth-order valence-electron chi connectivity index (χ4n) is 2.41. The number of carbonyl (C=O) groups excluding carboxylic acids is 1. The highest BCUT2D eigenvalue weighted by Crippen LogP contribution is 2.34. The van der Waals surface area contributed by atoms with Gasteiger partial charge in [-0.2, -0.15) is 0 Å². The summed E-state index contributed by atoms with van der Waals surface area (Å²) in [6.07, 6.45) is 3.09. The van der Waals surface area contributed by atoms with Crippen molar-refractivity contribution in [2.75, 3.05) is 19.8 Å². The van der Waals surface area contributed by atoms with Crippen molar-refractivity contribution in [2.24, 2.45) is 5.73 Å². The fraction of sp³-hybridized carbons (Fsp3) is 0.500. The zero-order valence-corrected chi connectivity index (χ0v) is 10.8. The standard InChI is InChI=1S/C14H18N2O3/c15-14(5-2-6-14)9-16-13(17)10-3-1-4-11-12(10)19-8-7-18-11/h1,3-4H,2,5-9,15H2,(H,16,17). The molecule has 1 aromatic rings. The molecule has 0 saturated heterocycles. The number of hydrogen-bond acceptors (Lipinski definition) is 4. The number of rotatable bonds is 3. The van der Waals surface area contributed by atoms with Crippen molar-refractivity contribution in [2.45, 2.75) is 24.8 Å². The number of ether oxygens (including phenoxy) is 2. The molecule has 1 heterocycles. The van der Waals surface area contributed by atoms with Gasteiger partial charge in [0, 0.05) is 12.1 Å². The van der Waals surface area contributed by atoms with Crippen molar-refractivity contribution in [1.82, 2.24) is 5.32 Å². The van der Waals surface area contributed by atoms with Crippen LogP contribution in [-0.2, 0) is 0 Å². The van der Waals surface area contributed by atoms with Gasteiger partial charge in [-0.05, 0) is 31.4 Å². The van der Waals surface area contributed by atoms with Crippen molar-refractivity contribution >= 4 is 5.91 Å². The summed E-state index contributed by atoms with van der Waals surface area (Å²) in [6, 6.07) is 5.35. The lowest BCUT2D eigenvalue weighted by atomic mass is 9.78. The van der Waals surface area contributed by atoms with E-state index in [1.807, 2.05) is 6.07 Å². The lowest BCUT2D eigenvalue weighted by Crippen LogP contribution is -2.54. The molecule has 1 saturated carbocycles. The smallest absolute Gasteiger partial charge is 0.255 e. The van der Waals surface area contributed by atoms with E-state index in [2.05, 4.69) is 5.32 Å². The van der Waals surface area contributed by atoms with Crippen LogP contribution in [-0.4, -0.2) is 31.2 Å². The molecule has 0 radical (unpaired) electrons. The molecular weight excluding hydrogens is 244 g/mol. The van der Waals surface area contributed by atoms with E-state index in [0.29, 0.717) is 36.8 Å². The minimum atomic E-state index is -0.220. The van der Waals surface area contributed by atoms with E-state index in [-0.39, 0.29) is 11.4 Å². The molecule has 5 nitrogen and oxygen atoms in total. The van der Waals surface area contributed by atoms with E-state index in [1.54, 1.807) is 12.1 Å². The average molecular weight is 262 g/mol. The van der Waals surface area contributed by atoms with E-state index in [9.17, 15) is 4.79 Å². The Bertz CT molecular complexity index is 497. The molecule has 1 fully saturated rings. The van der Waals surface area contributed by atoms with Gasteiger partial charge >= 0.3 is 0 Å². The lowest BCUT2D eigenvalue weighted by molar-refractivity contribution is 0.0919. The number of amides is 1. The minimum Gasteiger partial charge on any atom is -0.486 e. The van der Waals surface area contributed by atoms with Gasteiger partial charge in [0.15, 0.2) is 11.5 Å². The maximum absolute atomic E-state index is 12.2. The van der Waals surface area contributed by atoms with Crippen LogP contribution >= 0.6 is 0 Å². The third-order valence-electron chi connectivity index (χ3n) is 3.76. The van der Waals surface area contributed by atoms with Crippen LogP contribution in [0.4, 0.5) is 0 Å². The summed E-state index contributed by atoms with van der Waals surface area (Å²) < 4.78 is 11.0. The normalized spacial score (nSPS) is 19.4. The number of benzene rings is 1. The van der Waals surface area contributed by atoms with Gasteiger partial charge in [-0.25, -0.2) is 0 Å². The molecule has 19 heavy (non-hydrogen) atoms. The number of fused-ring (bicyclic) bond motifs is 1. The molecule has 5 heteroatoms. The molecule has 1 aromatic carbocycles. The summed E-state index contributed by atoms with van der Waals surface area (Å²) in [7, 11) is 0. The quantitative estimate of drug-likeness (QED) is 0.854. The molecule has 3 rings (SSSR count). The van der Waals surface area contributed by atoms with Gasteiger partial charge in [-0.3, -0.25) is 4.79 Å². The van der Waals surface area contributed by atoms with Gasteiger partial charge in [0.05, 0.1) is 5.56 Å². The van der Waals surface area contributed by atoms with Crippen molar-refractivity contribution in [3.8, 4) is 11.5 Å². The molecule has 0 bridgehead atoms. The van der Waals surface area contributed by atoms with Crippen molar-refractivity contribution in [3.05, 3.63) is 23.8 Å². The van der Waals surface area contributed by atoms with Crippen LogP contribution < -0.4 is 20.5 Å².